The number of nitrogens with zero attached hydrogens (tertiary/aromatic N) is 1. The highest BCUT2D eigenvalue weighted by molar-refractivity contribution is 5.94. The Hall–Kier alpha value is -1.84. The van der Waals surface area contributed by atoms with Gasteiger partial charge in [-0.25, -0.2) is 0 Å². The first-order valence-electron chi connectivity index (χ1n) is 7.34. The standard InChI is InChI=1S/C16H22N2O2/c1-2-3-9-15(19)17-14-10-11-18(12-14)16(20)13-7-5-4-6-8-13/h4-8,14H,2-3,9-12H2,1H3,(H,17,19). The predicted molar refractivity (Wildman–Crippen MR) is 78.4 cm³/mol. The normalized spacial score (nSPS) is 18.1. The van der Waals surface area contributed by atoms with Gasteiger partial charge in [-0.1, -0.05) is 31.5 Å². The second kappa shape index (κ2) is 7.08. The number of nitrogens with one attached hydrogen (secondary N) is 1. The summed E-state index contributed by atoms with van der Waals surface area (Å²) in [5.41, 5.74) is 0.713. The molecule has 1 heterocycles. The van der Waals surface area contributed by atoms with Crippen LogP contribution in [0, 0.1) is 0 Å². The fourth-order valence-electron chi connectivity index (χ4n) is 2.46. The number of carbonyl (C=O) groups excluding carboxylic acids is 2. The molecule has 0 aliphatic carbocycles. The molecule has 0 saturated carbocycles. The fraction of sp³-hybridized carbons (Fsp3) is 0.500. The van der Waals surface area contributed by atoms with Crippen molar-refractivity contribution in [3.63, 3.8) is 0 Å². The van der Waals surface area contributed by atoms with Crippen LogP contribution >= 0.6 is 0 Å². The summed E-state index contributed by atoms with van der Waals surface area (Å²) in [4.78, 5) is 25.8. The van der Waals surface area contributed by atoms with Crippen LogP contribution in [0.25, 0.3) is 0 Å². The van der Waals surface area contributed by atoms with E-state index in [1.165, 1.54) is 0 Å². The largest absolute Gasteiger partial charge is 0.352 e. The highest BCUT2D eigenvalue weighted by Gasteiger charge is 2.27. The summed E-state index contributed by atoms with van der Waals surface area (Å²) in [7, 11) is 0. The van der Waals surface area contributed by atoms with Crippen molar-refractivity contribution in [2.45, 2.75) is 38.6 Å². The maximum atomic E-state index is 12.3. The number of amides is 2. The molecule has 1 aliphatic heterocycles. The van der Waals surface area contributed by atoms with Crippen LogP contribution in [0.4, 0.5) is 0 Å². The van der Waals surface area contributed by atoms with Crippen LogP contribution < -0.4 is 5.32 Å². The van der Waals surface area contributed by atoms with Crippen molar-refractivity contribution in [2.75, 3.05) is 13.1 Å². The van der Waals surface area contributed by atoms with Gasteiger partial charge in [-0.05, 0) is 25.0 Å². The molecule has 1 unspecified atom stereocenters. The first-order valence-corrected chi connectivity index (χ1v) is 7.34. The lowest BCUT2D eigenvalue weighted by atomic mass is 10.2. The molecule has 108 valence electrons. The molecule has 4 nitrogen and oxygen atoms in total. The molecule has 1 aliphatic rings. The molecule has 0 radical (unpaired) electrons. The highest BCUT2D eigenvalue weighted by Crippen LogP contribution is 2.14. The average molecular weight is 274 g/mol. The summed E-state index contributed by atoms with van der Waals surface area (Å²) in [6.07, 6.45) is 3.37. The summed E-state index contributed by atoms with van der Waals surface area (Å²) >= 11 is 0. The van der Waals surface area contributed by atoms with Crippen molar-refractivity contribution >= 4 is 11.8 Å². The molecule has 2 amide bonds. The minimum Gasteiger partial charge on any atom is -0.352 e. The Morgan fingerprint density at radius 3 is 2.75 bits per heavy atom. The number of hydrogen-bond acceptors (Lipinski definition) is 2. The summed E-state index contributed by atoms with van der Waals surface area (Å²) in [5.74, 6) is 0.154. The minimum atomic E-state index is 0.0518. The molecule has 2 rings (SSSR count). The van der Waals surface area contributed by atoms with Crippen molar-refractivity contribution in [3.8, 4) is 0 Å². The number of benzene rings is 1. The average Bonchev–Trinajstić information content (AvgIpc) is 2.93. The van der Waals surface area contributed by atoms with Gasteiger partial charge in [0, 0.05) is 31.1 Å². The molecule has 1 N–H and O–H groups in total. The van der Waals surface area contributed by atoms with Gasteiger partial charge in [0.2, 0.25) is 5.91 Å². The van der Waals surface area contributed by atoms with Crippen LogP contribution in [0.2, 0.25) is 0 Å². The molecular formula is C16H22N2O2. The van der Waals surface area contributed by atoms with Crippen molar-refractivity contribution in [1.29, 1.82) is 0 Å². The first kappa shape index (κ1) is 14.6. The molecule has 1 saturated heterocycles. The summed E-state index contributed by atoms with van der Waals surface area (Å²) in [5, 5.41) is 3.02. The van der Waals surface area contributed by atoms with Gasteiger partial charge in [0.25, 0.3) is 5.91 Å². The van der Waals surface area contributed by atoms with Crippen molar-refractivity contribution in [1.82, 2.24) is 10.2 Å². The molecule has 0 bridgehead atoms. The maximum Gasteiger partial charge on any atom is 0.253 e. The monoisotopic (exact) mass is 274 g/mol. The number of unbranched alkanes of at least 4 members (excludes halogenated alkanes) is 1. The van der Waals surface area contributed by atoms with Crippen molar-refractivity contribution < 1.29 is 9.59 Å². The fourth-order valence-corrected chi connectivity index (χ4v) is 2.46. The van der Waals surface area contributed by atoms with Gasteiger partial charge < -0.3 is 10.2 Å². The van der Waals surface area contributed by atoms with Gasteiger partial charge in [-0.2, -0.15) is 0 Å². The molecule has 0 aromatic heterocycles. The van der Waals surface area contributed by atoms with E-state index in [2.05, 4.69) is 12.2 Å². The second-order valence-electron chi connectivity index (χ2n) is 5.27. The topological polar surface area (TPSA) is 49.4 Å². The lowest BCUT2D eigenvalue weighted by Gasteiger charge is -2.17. The quantitative estimate of drug-likeness (QED) is 0.895. The smallest absolute Gasteiger partial charge is 0.253 e. The van der Waals surface area contributed by atoms with Crippen LogP contribution in [0.15, 0.2) is 30.3 Å². The summed E-state index contributed by atoms with van der Waals surface area (Å²) in [6.45, 7) is 3.40. The van der Waals surface area contributed by atoms with Gasteiger partial charge in [0.15, 0.2) is 0 Å². The van der Waals surface area contributed by atoms with Crippen LogP contribution in [0.1, 0.15) is 43.0 Å². The third-order valence-electron chi connectivity index (χ3n) is 3.62. The molecule has 4 heteroatoms. The summed E-state index contributed by atoms with van der Waals surface area (Å²) in [6, 6.07) is 9.40. The lowest BCUT2D eigenvalue weighted by molar-refractivity contribution is -0.121. The van der Waals surface area contributed by atoms with Crippen LogP contribution in [-0.2, 0) is 4.79 Å². The number of hydrogen-bond donors (Lipinski definition) is 1. The Labute approximate surface area is 120 Å². The van der Waals surface area contributed by atoms with Crippen LogP contribution in [0.5, 0.6) is 0 Å². The van der Waals surface area contributed by atoms with Gasteiger partial charge in [0.05, 0.1) is 0 Å². The van der Waals surface area contributed by atoms with E-state index >= 15 is 0 Å². The van der Waals surface area contributed by atoms with E-state index in [1.54, 1.807) is 0 Å². The maximum absolute atomic E-state index is 12.3. The molecule has 1 aromatic carbocycles. The van der Waals surface area contributed by atoms with Gasteiger partial charge in [0.1, 0.15) is 0 Å². The lowest BCUT2D eigenvalue weighted by Crippen LogP contribution is -2.38. The van der Waals surface area contributed by atoms with Crippen LogP contribution in [0.3, 0.4) is 0 Å². The second-order valence-corrected chi connectivity index (χ2v) is 5.27. The number of likely N-dealkylation sites (tertiary alicyclic amines) is 1. The van der Waals surface area contributed by atoms with E-state index < -0.39 is 0 Å². The van der Waals surface area contributed by atoms with E-state index in [4.69, 9.17) is 0 Å². The minimum absolute atomic E-state index is 0.0518. The van der Waals surface area contributed by atoms with Gasteiger partial charge in [-0.15, -0.1) is 0 Å². The van der Waals surface area contributed by atoms with Gasteiger partial charge in [-0.3, -0.25) is 9.59 Å². The SMILES string of the molecule is CCCCC(=O)NC1CCN(C(=O)c2ccccc2)C1. The first-order chi connectivity index (χ1) is 9.70. The Morgan fingerprint density at radius 1 is 1.30 bits per heavy atom. The molecular weight excluding hydrogens is 252 g/mol. The van der Waals surface area contributed by atoms with Crippen LogP contribution in [-0.4, -0.2) is 35.8 Å². The predicted octanol–water partition coefficient (Wildman–Crippen LogP) is 2.21. The van der Waals surface area contributed by atoms with Gasteiger partial charge >= 0.3 is 0 Å². The Balaban J connectivity index is 1.83. The van der Waals surface area contributed by atoms with E-state index in [-0.39, 0.29) is 17.9 Å². The molecule has 20 heavy (non-hydrogen) atoms. The van der Waals surface area contributed by atoms with E-state index in [0.29, 0.717) is 25.1 Å². The van der Waals surface area contributed by atoms with E-state index in [0.717, 1.165) is 19.3 Å². The Bertz CT molecular complexity index is 459. The molecule has 1 atom stereocenters. The number of rotatable bonds is 5. The van der Waals surface area contributed by atoms with Crippen molar-refractivity contribution in [3.05, 3.63) is 35.9 Å². The van der Waals surface area contributed by atoms with E-state index in [1.807, 2.05) is 35.2 Å². The molecule has 1 fully saturated rings. The number of carbonyl (C=O) groups is 2. The third kappa shape index (κ3) is 3.83. The summed E-state index contributed by atoms with van der Waals surface area (Å²) < 4.78 is 0. The zero-order valence-corrected chi connectivity index (χ0v) is 12.0. The van der Waals surface area contributed by atoms with Crippen molar-refractivity contribution in [2.24, 2.45) is 0 Å². The molecule has 1 aromatic rings. The Kier molecular flexibility index (Phi) is 5.16. The Morgan fingerprint density at radius 2 is 2.05 bits per heavy atom. The highest BCUT2D eigenvalue weighted by atomic mass is 16.2. The van der Waals surface area contributed by atoms with E-state index in [9.17, 15) is 9.59 Å². The zero-order chi connectivity index (χ0) is 14.4. The molecule has 0 spiro atoms. The third-order valence-corrected chi connectivity index (χ3v) is 3.62. The zero-order valence-electron chi connectivity index (χ0n) is 12.0.